The number of nitrogens with zero attached hydrogens (tertiary/aromatic N) is 4. The average molecular weight is 453 g/mol. The lowest BCUT2D eigenvalue weighted by molar-refractivity contribution is -0.0415. The zero-order valence-corrected chi connectivity index (χ0v) is 17.5. The van der Waals surface area contributed by atoms with Gasteiger partial charge in [0.25, 0.3) is 0 Å². The lowest BCUT2D eigenvalue weighted by atomic mass is 10.2. The maximum absolute atomic E-state index is 11.0. The molecular formula is C17H20N6O5S2. The number of rotatable bonds is 6. The molecule has 0 spiro atoms. The van der Waals surface area contributed by atoms with E-state index in [-0.39, 0.29) is 12.2 Å². The summed E-state index contributed by atoms with van der Waals surface area (Å²) in [4.78, 5) is 9.36. The highest BCUT2D eigenvalue weighted by Gasteiger charge is 2.38. The molecule has 30 heavy (non-hydrogen) atoms. The van der Waals surface area contributed by atoms with Crippen LogP contribution in [0.1, 0.15) is 18.2 Å². The average Bonchev–Trinajstić information content (AvgIpc) is 3.23. The number of ether oxygens (including phenoxy) is 1. The Balaban J connectivity index is 1.67. The zero-order chi connectivity index (χ0) is 21.5. The van der Waals surface area contributed by atoms with Crippen molar-refractivity contribution in [2.45, 2.75) is 41.7 Å². The van der Waals surface area contributed by atoms with Crippen LogP contribution >= 0.6 is 11.8 Å². The summed E-state index contributed by atoms with van der Waals surface area (Å²) in [5, 5.41) is 20.9. The Hall–Kier alpha value is -2.29. The van der Waals surface area contributed by atoms with Crippen LogP contribution in [0.2, 0.25) is 0 Å². The van der Waals surface area contributed by atoms with E-state index in [0.717, 1.165) is 10.5 Å². The number of hydrogen-bond acceptors (Lipinski definition) is 10. The maximum atomic E-state index is 11.0. The molecule has 1 aliphatic heterocycles. The van der Waals surface area contributed by atoms with Gasteiger partial charge in [-0.3, -0.25) is 4.18 Å². The molecule has 3 heterocycles. The minimum Gasteiger partial charge on any atom is -0.390 e. The number of benzene rings is 1. The van der Waals surface area contributed by atoms with Crippen molar-refractivity contribution in [1.29, 1.82) is 0 Å². The van der Waals surface area contributed by atoms with Crippen LogP contribution in [0, 0.1) is 6.92 Å². The predicted molar refractivity (Wildman–Crippen MR) is 109 cm³/mol. The number of hydrogen-bond donors (Lipinski definition) is 3. The Morgan fingerprint density at radius 1 is 1.37 bits per heavy atom. The lowest BCUT2D eigenvalue weighted by Gasteiger charge is -2.14. The molecule has 3 aromatic rings. The first-order valence-corrected chi connectivity index (χ1v) is 11.2. The smallest absolute Gasteiger partial charge is 0.333 e. The summed E-state index contributed by atoms with van der Waals surface area (Å²) >= 11 is 1.42. The standard InChI is InChI=1S/C17H20N6O5S2/c1-9-4-2-3-5-12(9)29-17-14-15(18)20-8-21-16(14)23(22-17)13-6-10(24)11(28-13)7-27-30(19,25)26/h2-5,8,10-11,13,24H,6-7H2,1H3,(H2,18,20,21)(H2,19,25,26)/t10-,11+,13+/m0/s1. The Morgan fingerprint density at radius 3 is 2.87 bits per heavy atom. The van der Waals surface area contributed by atoms with Crippen molar-refractivity contribution in [3.05, 3.63) is 36.2 Å². The summed E-state index contributed by atoms with van der Waals surface area (Å²) < 4.78 is 33.9. The van der Waals surface area contributed by atoms with Gasteiger partial charge in [-0.1, -0.05) is 30.0 Å². The molecule has 0 amide bonds. The molecule has 5 N–H and O–H groups in total. The van der Waals surface area contributed by atoms with Crippen LogP contribution in [0.4, 0.5) is 5.82 Å². The van der Waals surface area contributed by atoms with Gasteiger partial charge in [0.15, 0.2) is 11.9 Å². The van der Waals surface area contributed by atoms with Crippen LogP contribution in [0.25, 0.3) is 11.0 Å². The molecule has 0 unspecified atom stereocenters. The van der Waals surface area contributed by atoms with Gasteiger partial charge in [-0.2, -0.15) is 13.5 Å². The van der Waals surface area contributed by atoms with Gasteiger partial charge in [0.05, 0.1) is 18.1 Å². The van der Waals surface area contributed by atoms with E-state index < -0.39 is 35.3 Å². The second-order valence-electron chi connectivity index (χ2n) is 6.78. The first-order valence-electron chi connectivity index (χ1n) is 8.96. The Morgan fingerprint density at radius 2 is 2.13 bits per heavy atom. The first kappa shape index (κ1) is 21.0. The number of nitrogen functional groups attached to an aromatic ring is 1. The highest BCUT2D eigenvalue weighted by atomic mass is 32.2. The number of aryl methyl sites for hydroxylation is 1. The number of nitrogens with two attached hydrogens (primary N) is 2. The van der Waals surface area contributed by atoms with Gasteiger partial charge in [-0.15, -0.1) is 0 Å². The molecule has 0 saturated carbocycles. The molecule has 160 valence electrons. The molecule has 0 radical (unpaired) electrons. The minimum atomic E-state index is -4.15. The lowest BCUT2D eigenvalue weighted by Crippen LogP contribution is -2.30. The Labute approximate surface area is 176 Å². The Kier molecular flexibility index (Phi) is 5.65. The summed E-state index contributed by atoms with van der Waals surface area (Å²) in [5.41, 5.74) is 7.63. The molecule has 1 aromatic carbocycles. The van der Waals surface area contributed by atoms with Gasteiger partial charge < -0.3 is 15.6 Å². The van der Waals surface area contributed by atoms with Crippen molar-refractivity contribution in [3.8, 4) is 0 Å². The van der Waals surface area contributed by atoms with Crippen molar-refractivity contribution in [3.63, 3.8) is 0 Å². The van der Waals surface area contributed by atoms with Crippen LogP contribution < -0.4 is 10.9 Å². The number of aliphatic hydroxyl groups is 1. The monoisotopic (exact) mass is 452 g/mol. The summed E-state index contributed by atoms with van der Waals surface area (Å²) in [5.74, 6) is 0.273. The van der Waals surface area contributed by atoms with Gasteiger partial charge in [-0.05, 0) is 18.6 Å². The Bertz CT molecular complexity index is 1180. The molecule has 11 nitrogen and oxygen atoms in total. The number of anilines is 1. The summed E-state index contributed by atoms with van der Waals surface area (Å²) in [7, 11) is -4.15. The van der Waals surface area contributed by atoms with Gasteiger partial charge >= 0.3 is 10.3 Å². The van der Waals surface area contributed by atoms with E-state index in [1.165, 1.54) is 22.8 Å². The molecule has 1 fully saturated rings. The van der Waals surface area contributed by atoms with E-state index in [2.05, 4.69) is 19.2 Å². The van der Waals surface area contributed by atoms with Gasteiger partial charge in [0.2, 0.25) is 0 Å². The fourth-order valence-corrected chi connectivity index (χ4v) is 4.52. The van der Waals surface area contributed by atoms with Crippen molar-refractivity contribution < 1.29 is 22.4 Å². The molecule has 1 aliphatic rings. The second-order valence-corrected chi connectivity index (χ2v) is 9.04. The first-order chi connectivity index (χ1) is 14.2. The molecule has 13 heteroatoms. The van der Waals surface area contributed by atoms with E-state index in [4.69, 9.17) is 15.6 Å². The van der Waals surface area contributed by atoms with E-state index in [1.807, 2.05) is 31.2 Å². The van der Waals surface area contributed by atoms with Crippen molar-refractivity contribution in [2.75, 3.05) is 12.3 Å². The van der Waals surface area contributed by atoms with E-state index in [0.29, 0.717) is 16.1 Å². The minimum absolute atomic E-state index is 0.161. The summed E-state index contributed by atoms with van der Waals surface area (Å²) in [6, 6.07) is 7.85. The normalized spacial score (nSPS) is 22.0. The zero-order valence-electron chi connectivity index (χ0n) is 15.9. The van der Waals surface area contributed by atoms with E-state index >= 15 is 0 Å². The predicted octanol–water partition coefficient (Wildman–Crippen LogP) is 0.737. The molecule has 0 aliphatic carbocycles. The summed E-state index contributed by atoms with van der Waals surface area (Å²) in [6.45, 7) is 1.59. The largest absolute Gasteiger partial charge is 0.390 e. The maximum Gasteiger partial charge on any atom is 0.333 e. The highest BCUT2D eigenvalue weighted by Crippen LogP contribution is 2.38. The van der Waals surface area contributed by atoms with Gasteiger partial charge in [-0.25, -0.2) is 19.8 Å². The van der Waals surface area contributed by atoms with Crippen molar-refractivity contribution in [1.82, 2.24) is 19.7 Å². The second kappa shape index (κ2) is 8.09. The molecule has 4 rings (SSSR count). The van der Waals surface area contributed by atoms with Gasteiger partial charge in [0.1, 0.15) is 23.3 Å². The molecule has 3 atom stereocenters. The fraction of sp³-hybridized carbons (Fsp3) is 0.353. The van der Waals surface area contributed by atoms with Crippen LogP contribution in [-0.4, -0.2) is 52.1 Å². The third kappa shape index (κ3) is 4.26. The third-order valence-electron chi connectivity index (χ3n) is 4.66. The molecule has 1 saturated heterocycles. The van der Waals surface area contributed by atoms with Crippen LogP contribution in [-0.2, 0) is 19.2 Å². The van der Waals surface area contributed by atoms with Crippen LogP contribution in [0.15, 0.2) is 40.5 Å². The molecular weight excluding hydrogens is 432 g/mol. The van der Waals surface area contributed by atoms with Crippen molar-refractivity contribution in [2.24, 2.45) is 5.14 Å². The van der Waals surface area contributed by atoms with E-state index in [1.54, 1.807) is 0 Å². The number of aromatic nitrogens is 4. The SMILES string of the molecule is Cc1ccccc1Sc1nn([C@H]2C[C@H](O)[C@@H](COS(N)(=O)=O)O2)c2ncnc(N)c12. The van der Waals surface area contributed by atoms with Crippen molar-refractivity contribution >= 4 is 38.9 Å². The number of aliphatic hydroxyl groups excluding tert-OH is 1. The van der Waals surface area contributed by atoms with Crippen LogP contribution in [0.3, 0.4) is 0 Å². The molecule has 0 bridgehead atoms. The van der Waals surface area contributed by atoms with E-state index in [9.17, 15) is 13.5 Å². The summed E-state index contributed by atoms with van der Waals surface area (Å²) in [6.07, 6.45) is -1.07. The quantitative estimate of drug-likeness (QED) is 0.485. The highest BCUT2D eigenvalue weighted by molar-refractivity contribution is 7.99. The number of fused-ring (bicyclic) bond motifs is 1. The third-order valence-corrected chi connectivity index (χ3v) is 6.28. The fourth-order valence-electron chi connectivity index (χ4n) is 3.19. The van der Waals surface area contributed by atoms with Gasteiger partial charge in [0, 0.05) is 11.3 Å². The topological polar surface area (TPSA) is 168 Å². The molecule has 2 aromatic heterocycles. The van der Waals surface area contributed by atoms with Crippen LogP contribution in [0.5, 0.6) is 0 Å².